The Morgan fingerprint density at radius 2 is 1.92 bits per heavy atom. The quantitative estimate of drug-likeness (QED) is 0.649. The van der Waals surface area contributed by atoms with Crippen LogP contribution in [0.1, 0.15) is 39.5 Å². The molecule has 2 heterocycles. The molecule has 3 N–H and O–H groups in total. The van der Waals surface area contributed by atoms with Gasteiger partial charge < -0.3 is 25.4 Å². The van der Waals surface area contributed by atoms with E-state index in [1.807, 2.05) is 13.8 Å². The van der Waals surface area contributed by atoms with Crippen LogP contribution in [-0.2, 0) is 14.3 Å². The van der Waals surface area contributed by atoms with Crippen LogP contribution in [0, 0.1) is 17.3 Å². The number of hydrogen-bond donors (Lipinski definition) is 3. The molecule has 0 bridgehead atoms. The molecule has 0 aromatic heterocycles. The minimum Gasteiger partial charge on any atom is -0.481 e. The highest BCUT2D eigenvalue weighted by atomic mass is 16.5. The van der Waals surface area contributed by atoms with E-state index in [1.54, 1.807) is 4.90 Å². The van der Waals surface area contributed by atoms with E-state index in [1.165, 1.54) is 0 Å². The summed E-state index contributed by atoms with van der Waals surface area (Å²) in [6.45, 7) is 6.59. The summed E-state index contributed by atoms with van der Waals surface area (Å²) in [5.41, 5.74) is -0.948. The molecule has 0 spiro atoms. The first kappa shape index (κ1) is 20.5. The fourth-order valence-corrected chi connectivity index (χ4v) is 3.41. The van der Waals surface area contributed by atoms with Gasteiger partial charge in [0.05, 0.1) is 11.3 Å². The van der Waals surface area contributed by atoms with Gasteiger partial charge in [0, 0.05) is 39.4 Å². The summed E-state index contributed by atoms with van der Waals surface area (Å²) < 4.78 is 5.25. The number of urea groups is 1. The molecule has 0 aliphatic carbocycles. The lowest BCUT2D eigenvalue weighted by molar-refractivity contribution is -0.154. The SMILES string of the molecule is CC(C)CNC(=O)N1CCCC(C(=O)NCC2(C(=O)O)CCOCC2)C1. The molecule has 2 aliphatic heterocycles. The van der Waals surface area contributed by atoms with Crippen LogP contribution in [0.15, 0.2) is 0 Å². The zero-order valence-electron chi connectivity index (χ0n) is 15.8. The van der Waals surface area contributed by atoms with Crippen molar-refractivity contribution in [3.63, 3.8) is 0 Å². The van der Waals surface area contributed by atoms with Gasteiger partial charge in [-0.05, 0) is 31.6 Å². The molecule has 0 radical (unpaired) electrons. The van der Waals surface area contributed by atoms with Crippen LogP contribution in [0.25, 0.3) is 0 Å². The van der Waals surface area contributed by atoms with Crippen molar-refractivity contribution < 1.29 is 24.2 Å². The Balaban J connectivity index is 1.86. The van der Waals surface area contributed by atoms with Crippen LogP contribution in [0.2, 0.25) is 0 Å². The number of hydrogen-bond acceptors (Lipinski definition) is 4. The second-order valence-corrected chi connectivity index (χ2v) is 7.78. The van der Waals surface area contributed by atoms with Crippen LogP contribution in [0.5, 0.6) is 0 Å². The predicted molar refractivity (Wildman–Crippen MR) is 95.7 cm³/mol. The molecule has 8 heteroatoms. The van der Waals surface area contributed by atoms with E-state index >= 15 is 0 Å². The van der Waals surface area contributed by atoms with Crippen molar-refractivity contribution in [2.24, 2.45) is 17.3 Å². The van der Waals surface area contributed by atoms with Gasteiger partial charge in [-0.1, -0.05) is 13.8 Å². The molecule has 8 nitrogen and oxygen atoms in total. The number of rotatable bonds is 6. The second kappa shape index (κ2) is 9.21. The number of nitrogens with one attached hydrogen (secondary N) is 2. The number of carboxylic acid groups (broad SMARTS) is 1. The highest BCUT2D eigenvalue weighted by Crippen LogP contribution is 2.30. The van der Waals surface area contributed by atoms with E-state index in [0.29, 0.717) is 58.0 Å². The summed E-state index contributed by atoms with van der Waals surface area (Å²) in [6, 6.07) is -0.136. The molecule has 0 aromatic rings. The van der Waals surface area contributed by atoms with Gasteiger partial charge in [0.1, 0.15) is 0 Å². The molecule has 2 fully saturated rings. The molecule has 0 saturated carbocycles. The maximum atomic E-state index is 12.5. The summed E-state index contributed by atoms with van der Waals surface area (Å²) in [6.07, 6.45) is 2.28. The van der Waals surface area contributed by atoms with E-state index in [4.69, 9.17) is 4.74 Å². The molecular formula is C18H31N3O5. The minimum atomic E-state index is -0.948. The van der Waals surface area contributed by atoms with Crippen molar-refractivity contribution >= 4 is 17.9 Å². The summed E-state index contributed by atoms with van der Waals surface area (Å²) in [5, 5.41) is 15.3. The zero-order valence-corrected chi connectivity index (χ0v) is 15.8. The highest BCUT2D eigenvalue weighted by Gasteiger charge is 2.41. The molecule has 3 amide bonds. The number of aliphatic carboxylic acids is 1. The van der Waals surface area contributed by atoms with Crippen molar-refractivity contribution in [3.8, 4) is 0 Å². The van der Waals surface area contributed by atoms with E-state index < -0.39 is 11.4 Å². The molecular weight excluding hydrogens is 338 g/mol. The van der Waals surface area contributed by atoms with Crippen LogP contribution in [0.4, 0.5) is 4.79 Å². The van der Waals surface area contributed by atoms with Gasteiger partial charge >= 0.3 is 12.0 Å². The van der Waals surface area contributed by atoms with Gasteiger partial charge in [0.15, 0.2) is 0 Å². The normalized spacial score (nSPS) is 22.7. The molecule has 2 rings (SSSR count). The predicted octanol–water partition coefficient (Wildman–Crippen LogP) is 1.06. The number of piperidine rings is 1. The van der Waals surface area contributed by atoms with Crippen molar-refractivity contribution in [1.82, 2.24) is 15.5 Å². The van der Waals surface area contributed by atoms with Gasteiger partial charge in [-0.25, -0.2) is 4.79 Å². The summed E-state index contributed by atoms with van der Waals surface area (Å²) >= 11 is 0. The van der Waals surface area contributed by atoms with Gasteiger partial charge in [-0.15, -0.1) is 0 Å². The van der Waals surface area contributed by atoms with E-state index in [2.05, 4.69) is 10.6 Å². The fourth-order valence-electron chi connectivity index (χ4n) is 3.41. The minimum absolute atomic E-state index is 0.112. The molecule has 0 aromatic carbocycles. The smallest absolute Gasteiger partial charge is 0.317 e. The van der Waals surface area contributed by atoms with E-state index in [9.17, 15) is 19.5 Å². The van der Waals surface area contributed by atoms with Gasteiger partial charge in [-0.3, -0.25) is 9.59 Å². The Hall–Kier alpha value is -1.83. The van der Waals surface area contributed by atoms with Crippen LogP contribution >= 0.6 is 0 Å². The van der Waals surface area contributed by atoms with E-state index in [0.717, 1.165) is 6.42 Å². The average molecular weight is 369 g/mol. The lowest BCUT2D eigenvalue weighted by Crippen LogP contribution is -2.52. The Kier molecular flexibility index (Phi) is 7.25. The van der Waals surface area contributed by atoms with Crippen molar-refractivity contribution in [1.29, 1.82) is 0 Å². The van der Waals surface area contributed by atoms with Crippen LogP contribution in [-0.4, -0.2) is 67.3 Å². The molecule has 2 saturated heterocycles. The molecule has 148 valence electrons. The third kappa shape index (κ3) is 5.33. The molecule has 1 unspecified atom stereocenters. The van der Waals surface area contributed by atoms with Gasteiger partial charge in [0.25, 0.3) is 0 Å². The largest absolute Gasteiger partial charge is 0.481 e. The Bertz CT molecular complexity index is 517. The third-order valence-electron chi connectivity index (χ3n) is 5.25. The standard InChI is InChI=1S/C18H31N3O5/c1-13(2)10-19-17(25)21-7-3-4-14(11-21)15(22)20-12-18(16(23)24)5-8-26-9-6-18/h13-14H,3-12H2,1-2H3,(H,19,25)(H,20,22)(H,23,24). The number of likely N-dealkylation sites (tertiary alicyclic amines) is 1. The van der Waals surface area contributed by atoms with Crippen LogP contribution in [0.3, 0.4) is 0 Å². The monoisotopic (exact) mass is 369 g/mol. The lowest BCUT2D eigenvalue weighted by Gasteiger charge is -2.35. The maximum absolute atomic E-state index is 12.5. The number of carbonyl (C=O) groups excluding carboxylic acids is 2. The third-order valence-corrected chi connectivity index (χ3v) is 5.25. The summed E-state index contributed by atoms with van der Waals surface area (Å²) in [5.74, 6) is -0.980. The van der Waals surface area contributed by atoms with E-state index in [-0.39, 0.29) is 24.4 Å². The van der Waals surface area contributed by atoms with Gasteiger partial charge in [-0.2, -0.15) is 0 Å². The first-order chi connectivity index (χ1) is 12.3. The fraction of sp³-hybridized carbons (Fsp3) is 0.833. The van der Waals surface area contributed by atoms with Crippen molar-refractivity contribution in [2.75, 3.05) is 39.4 Å². The number of amides is 3. The summed E-state index contributed by atoms with van der Waals surface area (Å²) in [7, 11) is 0. The summed E-state index contributed by atoms with van der Waals surface area (Å²) in [4.78, 5) is 38.1. The number of nitrogens with zero attached hydrogens (tertiary/aromatic N) is 1. The lowest BCUT2D eigenvalue weighted by atomic mass is 9.80. The topological polar surface area (TPSA) is 108 Å². The molecule has 2 aliphatic rings. The van der Waals surface area contributed by atoms with Gasteiger partial charge in [0.2, 0.25) is 5.91 Å². The Morgan fingerprint density at radius 3 is 2.54 bits per heavy atom. The first-order valence-corrected chi connectivity index (χ1v) is 9.46. The molecule has 26 heavy (non-hydrogen) atoms. The highest BCUT2D eigenvalue weighted by molar-refractivity contribution is 5.82. The number of carbonyl (C=O) groups is 3. The first-order valence-electron chi connectivity index (χ1n) is 9.46. The maximum Gasteiger partial charge on any atom is 0.317 e. The van der Waals surface area contributed by atoms with Crippen LogP contribution < -0.4 is 10.6 Å². The second-order valence-electron chi connectivity index (χ2n) is 7.78. The van der Waals surface area contributed by atoms with Crippen molar-refractivity contribution in [3.05, 3.63) is 0 Å². The zero-order chi connectivity index (χ0) is 19.2. The average Bonchev–Trinajstić information content (AvgIpc) is 2.64. The number of ether oxygens (including phenoxy) is 1. The Labute approximate surface area is 154 Å². The van der Waals surface area contributed by atoms with Crippen molar-refractivity contribution in [2.45, 2.75) is 39.5 Å². The molecule has 1 atom stereocenters. The number of carboxylic acids is 1. The Morgan fingerprint density at radius 1 is 1.23 bits per heavy atom.